The highest BCUT2D eigenvalue weighted by Crippen LogP contribution is 2.24. The van der Waals surface area contributed by atoms with Gasteiger partial charge in [0.15, 0.2) is 0 Å². The summed E-state index contributed by atoms with van der Waals surface area (Å²) in [5.74, 6) is 0. The fourth-order valence-electron chi connectivity index (χ4n) is 1.74. The number of hydrogen-bond donors (Lipinski definition) is 1. The van der Waals surface area contributed by atoms with Crippen LogP contribution in [0.2, 0.25) is 0 Å². The number of rotatable bonds is 3. The van der Waals surface area contributed by atoms with Crippen molar-refractivity contribution in [3.8, 4) is 0 Å². The zero-order valence-corrected chi connectivity index (χ0v) is 10.9. The largest absolute Gasteiger partial charge is 0.392 e. The second-order valence-corrected chi connectivity index (χ2v) is 4.59. The topological polar surface area (TPSA) is 20.2 Å². The number of benzene rings is 2. The molecule has 0 aliphatic carbocycles. The fraction of sp³-hybridized carbons (Fsp3) is 0.0667. The lowest BCUT2D eigenvalue weighted by Gasteiger charge is -2.08. The first kappa shape index (κ1) is 12.1. The molecule has 0 aliphatic rings. The van der Waals surface area contributed by atoms with Gasteiger partial charge in [-0.1, -0.05) is 64.5 Å². The van der Waals surface area contributed by atoms with Gasteiger partial charge >= 0.3 is 0 Å². The third-order valence-corrected chi connectivity index (χ3v) is 3.06. The predicted octanol–water partition coefficient (Wildman–Crippen LogP) is 3.87. The number of aliphatic hydroxyl groups excluding tert-OH is 1. The van der Waals surface area contributed by atoms with E-state index in [1.807, 2.05) is 60.7 Å². The zero-order chi connectivity index (χ0) is 12.1. The highest BCUT2D eigenvalue weighted by molar-refractivity contribution is 9.10. The van der Waals surface area contributed by atoms with Crippen LogP contribution < -0.4 is 0 Å². The van der Waals surface area contributed by atoms with Gasteiger partial charge in [-0.25, -0.2) is 0 Å². The summed E-state index contributed by atoms with van der Waals surface area (Å²) in [6.45, 7) is 0.0420. The lowest BCUT2D eigenvalue weighted by molar-refractivity contribution is 0.343. The Bertz CT molecular complexity index is 500. The minimum Gasteiger partial charge on any atom is -0.392 e. The number of aliphatic hydroxyl groups is 1. The van der Waals surface area contributed by atoms with E-state index in [-0.39, 0.29) is 6.61 Å². The molecule has 0 spiro atoms. The van der Waals surface area contributed by atoms with Crippen molar-refractivity contribution in [1.29, 1.82) is 0 Å². The summed E-state index contributed by atoms with van der Waals surface area (Å²) in [7, 11) is 0. The summed E-state index contributed by atoms with van der Waals surface area (Å²) in [5.41, 5.74) is 3.28. The molecule has 0 heterocycles. The molecule has 2 aromatic carbocycles. The van der Waals surface area contributed by atoms with Gasteiger partial charge in [0.25, 0.3) is 0 Å². The Morgan fingerprint density at radius 3 is 2.12 bits per heavy atom. The van der Waals surface area contributed by atoms with Crippen LogP contribution in [0.25, 0.3) is 5.57 Å². The van der Waals surface area contributed by atoms with Crippen LogP contribution in [0.4, 0.5) is 0 Å². The summed E-state index contributed by atoms with van der Waals surface area (Å²) in [4.78, 5) is 0. The summed E-state index contributed by atoms with van der Waals surface area (Å²) in [5, 5.41) is 9.13. The van der Waals surface area contributed by atoms with Crippen LogP contribution in [-0.2, 0) is 0 Å². The van der Waals surface area contributed by atoms with Gasteiger partial charge in [0.05, 0.1) is 6.61 Å². The monoisotopic (exact) mass is 288 g/mol. The van der Waals surface area contributed by atoms with Crippen LogP contribution >= 0.6 is 15.9 Å². The first-order valence-corrected chi connectivity index (χ1v) is 6.23. The molecule has 2 rings (SSSR count). The molecule has 0 saturated heterocycles. The van der Waals surface area contributed by atoms with Crippen molar-refractivity contribution < 1.29 is 5.11 Å². The third-order valence-electron chi connectivity index (χ3n) is 2.54. The van der Waals surface area contributed by atoms with Crippen LogP contribution in [0.15, 0.2) is 65.1 Å². The summed E-state index contributed by atoms with van der Waals surface area (Å²) >= 11 is 3.42. The molecule has 0 bridgehead atoms. The Kier molecular flexibility index (Phi) is 4.13. The van der Waals surface area contributed by atoms with Crippen molar-refractivity contribution in [1.82, 2.24) is 0 Å². The molecule has 0 saturated carbocycles. The standard InChI is InChI=1S/C15H13BrO/c16-14-8-6-13(7-9-14)15(10-11-17)12-4-2-1-3-5-12/h1-10,17H,11H2/b15-10-. The molecule has 1 nitrogen and oxygen atoms in total. The highest BCUT2D eigenvalue weighted by atomic mass is 79.9. The van der Waals surface area contributed by atoms with E-state index in [0.717, 1.165) is 21.2 Å². The Morgan fingerprint density at radius 2 is 1.53 bits per heavy atom. The van der Waals surface area contributed by atoms with Crippen LogP contribution in [0.3, 0.4) is 0 Å². The van der Waals surface area contributed by atoms with E-state index in [4.69, 9.17) is 5.11 Å². The molecular formula is C15H13BrO. The van der Waals surface area contributed by atoms with Crippen molar-refractivity contribution >= 4 is 21.5 Å². The molecule has 0 radical (unpaired) electrons. The lowest BCUT2D eigenvalue weighted by Crippen LogP contribution is -1.89. The van der Waals surface area contributed by atoms with Crippen molar-refractivity contribution in [2.75, 3.05) is 6.61 Å². The van der Waals surface area contributed by atoms with Gasteiger partial charge in [-0.3, -0.25) is 0 Å². The van der Waals surface area contributed by atoms with Gasteiger partial charge in [-0.05, 0) is 28.8 Å². The number of halogens is 1. The van der Waals surface area contributed by atoms with Gasteiger partial charge in [0, 0.05) is 4.47 Å². The molecular weight excluding hydrogens is 276 g/mol. The number of hydrogen-bond acceptors (Lipinski definition) is 1. The molecule has 0 unspecified atom stereocenters. The highest BCUT2D eigenvalue weighted by Gasteiger charge is 2.03. The molecule has 1 N–H and O–H groups in total. The average Bonchev–Trinajstić information content (AvgIpc) is 2.38. The normalized spacial score (nSPS) is 11.5. The predicted molar refractivity (Wildman–Crippen MR) is 74.7 cm³/mol. The Hall–Kier alpha value is -1.38. The minimum atomic E-state index is 0.0420. The van der Waals surface area contributed by atoms with Crippen molar-refractivity contribution in [2.24, 2.45) is 0 Å². The van der Waals surface area contributed by atoms with Gasteiger partial charge in [0.2, 0.25) is 0 Å². The van der Waals surface area contributed by atoms with Crippen molar-refractivity contribution in [2.45, 2.75) is 0 Å². The maximum atomic E-state index is 9.13. The van der Waals surface area contributed by atoms with Gasteiger partial charge in [-0.2, -0.15) is 0 Å². The summed E-state index contributed by atoms with van der Waals surface area (Å²) in [6.07, 6.45) is 1.83. The second kappa shape index (κ2) is 5.80. The van der Waals surface area contributed by atoms with E-state index in [2.05, 4.69) is 15.9 Å². The lowest BCUT2D eigenvalue weighted by atomic mass is 9.98. The quantitative estimate of drug-likeness (QED) is 0.909. The van der Waals surface area contributed by atoms with Crippen molar-refractivity contribution in [3.05, 3.63) is 76.3 Å². The maximum absolute atomic E-state index is 9.13. The third kappa shape index (κ3) is 3.05. The van der Waals surface area contributed by atoms with E-state index in [9.17, 15) is 0 Å². The Balaban J connectivity index is 2.44. The smallest absolute Gasteiger partial charge is 0.0621 e. The molecule has 0 aromatic heterocycles. The fourth-order valence-corrected chi connectivity index (χ4v) is 2.01. The molecule has 86 valence electrons. The molecule has 0 aliphatic heterocycles. The van der Waals surface area contributed by atoms with E-state index in [0.29, 0.717) is 0 Å². The second-order valence-electron chi connectivity index (χ2n) is 3.67. The van der Waals surface area contributed by atoms with E-state index in [1.54, 1.807) is 0 Å². The van der Waals surface area contributed by atoms with Crippen molar-refractivity contribution in [3.63, 3.8) is 0 Å². The Morgan fingerprint density at radius 1 is 0.941 bits per heavy atom. The zero-order valence-electron chi connectivity index (χ0n) is 9.31. The Labute approximate surface area is 110 Å². The molecule has 0 amide bonds. The van der Waals surface area contributed by atoms with E-state index < -0.39 is 0 Å². The SMILES string of the molecule is OC/C=C(/c1ccccc1)c1ccc(Br)cc1. The molecule has 0 atom stereocenters. The maximum Gasteiger partial charge on any atom is 0.0621 e. The van der Waals surface area contributed by atoms with Gasteiger partial charge in [0.1, 0.15) is 0 Å². The van der Waals surface area contributed by atoms with Crippen LogP contribution in [-0.4, -0.2) is 11.7 Å². The molecule has 17 heavy (non-hydrogen) atoms. The first-order valence-electron chi connectivity index (χ1n) is 5.43. The average molecular weight is 289 g/mol. The van der Waals surface area contributed by atoms with E-state index in [1.165, 1.54) is 0 Å². The van der Waals surface area contributed by atoms with Crippen LogP contribution in [0.1, 0.15) is 11.1 Å². The molecule has 0 fully saturated rings. The minimum absolute atomic E-state index is 0.0420. The van der Waals surface area contributed by atoms with Gasteiger partial charge in [-0.15, -0.1) is 0 Å². The van der Waals surface area contributed by atoms with Crippen LogP contribution in [0.5, 0.6) is 0 Å². The first-order chi connectivity index (χ1) is 8.31. The van der Waals surface area contributed by atoms with Gasteiger partial charge < -0.3 is 5.11 Å². The molecule has 2 heteroatoms. The van der Waals surface area contributed by atoms with Crippen LogP contribution in [0, 0.1) is 0 Å². The van der Waals surface area contributed by atoms with E-state index >= 15 is 0 Å². The summed E-state index contributed by atoms with van der Waals surface area (Å²) in [6, 6.07) is 18.2. The summed E-state index contributed by atoms with van der Waals surface area (Å²) < 4.78 is 1.05. The molecule has 2 aromatic rings.